The number of nitrogens with two attached hydrogens (primary N) is 1. The van der Waals surface area contributed by atoms with Gasteiger partial charge in [0.2, 0.25) is 5.88 Å². The standard InChI is InChI=1S/C18H15B3F3N5O2/c19-18(20,21)31-14-7-26-13(6-27-14)17(30)28-9-3-10(15(24)11(23)4-9)12-2-1-8(5-22)16(25)29-12/h3-4,6-8,12H,1-2,5H2,(H2,25,29)(H,28,30). The molecule has 6 radical (unpaired) electrons. The van der Waals surface area contributed by atoms with E-state index in [9.17, 15) is 18.0 Å². The van der Waals surface area contributed by atoms with Crippen molar-refractivity contribution in [2.45, 2.75) is 24.2 Å². The lowest BCUT2D eigenvalue weighted by Gasteiger charge is -2.25. The van der Waals surface area contributed by atoms with Crippen LogP contribution in [0.25, 0.3) is 0 Å². The Morgan fingerprint density at radius 1 is 1.23 bits per heavy atom. The number of rotatable bonds is 6. The molecule has 1 amide bonds. The third-order valence-electron chi connectivity index (χ3n) is 4.51. The van der Waals surface area contributed by atoms with Gasteiger partial charge in [0.05, 0.1) is 25.1 Å². The fraction of sp³-hybridized carbons (Fsp3) is 0.333. The molecule has 0 fully saturated rings. The number of anilines is 1. The number of carbonyl (C=O) groups is 1. The Hall–Kier alpha value is -2.98. The van der Waals surface area contributed by atoms with Crippen molar-refractivity contribution >= 4 is 41.0 Å². The molecule has 1 aliphatic heterocycles. The summed E-state index contributed by atoms with van der Waals surface area (Å²) in [6.45, 7) is -0.678. The van der Waals surface area contributed by atoms with Crippen molar-refractivity contribution in [1.29, 1.82) is 0 Å². The largest absolute Gasteiger partial charge is 0.500 e. The van der Waals surface area contributed by atoms with Gasteiger partial charge >= 0.3 is 0 Å². The van der Waals surface area contributed by atoms with Gasteiger partial charge in [-0.2, -0.15) is 0 Å². The van der Waals surface area contributed by atoms with E-state index < -0.39 is 41.5 Å². The first-order chi connectivity index (χ1) is 14.6. The number of aromatic nitrogens is 2. The molecule has 1 aliphatic rings. The van der Waals surface area contributed by atoms with E-state index in [1.165, 1.54) is 6.07 Å². The molecular formula is C18H15B3F3N5O2. The molecule has 3 rings (SSSR count). The quantitative estimate of drug-likeness (QED) is 0.683. The predicted octanol–water partition coefficient (Wildman–Crippen LogP) is 1.28. The van der Waals surface area contributed by atoms with Crippen LogP contribution in [0.15, 0.2) is 29.5 Å². The molecule has 7 nitrogen and oxygen atoms in total. The number of alkyl halides is 1. The number of carbonyl (C=O) groups excluding carboxylic acids is 1. The average molecular weight is 423 g/mol. The van der Waals surface area contributed by atoms with Gasteiger partial charge in [-0.3, -0.25) is 14.2 Å². The van der Waals surface area contributed by atoms with Crippen LogP contribution in [0, 0.1) is 17.6 Å². The third kappa shape index (κ3) is 5.59. The summed E-state index contributed by atoms with van der Waals surface area (Å²) in [6, 6.07) is 1.26. The highest BCUT2D eigenvalue weighted by molar-refractivity contribution is 6.58. The van der Waals surface area contributed by atoms with Crippen molar-refractivity contribution < 1.29 is 22.7 Å². The second-order valence-corrected chi connectivity index (χ2v) is 7.01. The monoisotopic (exact) mass is 423 g/mol. The normalized spacial score (nSPS) is 18.9. The number of halogens is 3. The Labute approximate surface area is 180 Å². The summed E-state index contributed by atoms with van der Waals surface area (Å²) in [5.74, 6) is -3.68. The minimum absolute atomic E-state index is 0.0349. The average Bonchev–Trinajstić information content (AvgIpc) is 2.69. The van der Waals surface area contributed by atoms with Crippen LogP contribution < -0.4 is 15.8 Å². The van der Waals surface area contributed by atoms with Gasteiger partial charge in [0.25, 0.3) is 5.91 Å². The summed E-state index contributed by atoms with van der Waals surface area (Å²) < 4.78 is 46.3. The molecule has 1 aromatic heterocycles. The molecule has 31 heavy (non-hydrogen) atoms. The van der Waals surface area contributed by atoms with Crippen molar-refractivity contribution in [3.63, 3.8) is 0 Å². The van der Waals surface area contributed by atoms with Gasteiger partial charge in [-0.15, -0.1) is 0 Å². The summed E-state index contributed by atoms with van der Waals surface area (Å²) in [4.78, 5) is 24.1. The number of hydrogen-bond donors (Lipinski definition) is 2. The van der Waals surface area contributed by atoms with Crippen molar-refractivity contribution in [2.75, 3.05) is 12.0 Å². The lowest BCUT2D eigenvalue weighted by Crippen LogP contribution is -2.37. The maximum absolute atomic E-state index is 14.4. The van der Waals surface area contributed by atoms with Crippen LogP contribution >= 0.6 is 0 Å². The van der Waals surface area contributed by atoms with Crippen molar-refractivity contribution in [2.24, 2.45) is 16.6 Å². The first-order valence-corrected chi connectivity index (χ1v) is 9.14. The minimum Gasteiger partial charge on any atom is -0.500 e. The fourth-order valence-corrected chi connectivity index (χ4v) is 3.03. The third-order valence-corrected chi connectivity index (χ3v) is 4.51. The molecule has 2 heterocycles. The topological polar surface area (TPSA) is 102 Å². The Bertz CT molecular complexity index is 1000. The van der Waals surface area contributed by atoms with Crippen LogP contribution in [0.4, 0.5) is 18.9 Å². The molecule has 2 unspecified atom stereocenters. The predicted molar refractivity (Wildman–Crippen MR) is 110 cm³/mol. The van der Waals surface area contributed by atoms with Crippen LogP contribution in [0.5, 0.6) is 5.88 Å². The van der Waals surface area contributed by atoms with Crippen LogP contribution in [0.2, 0.25) is 0 Å². The van der Waals surface area contributed by atoms with Crippen LogP contribution in [0.3, 0.4) is 0 Å². The molecular weight excluding hydrogens is 408 g/mol. The van der Waals surface area contributed by atoms with Gasteiger partial charge in [0, 0.05) is 23.2 Å². The molecule has 154 valence electrons. The first-order valence-electron chi connectivity index (χ1n) is 9.14. The van der Waals surface area contributed by atoms with Crippen LogP contribution in [-0.4, -0.2) is 57.2 Å². The number of amidine groups is 1. The molecule has 0 saturated carbocycles. The molecule has 0 saturated heterocycles. The molecule has 2 atom stereocenters. The number of hydrogen-bond acceptors (Lipinski definition) is 6. The van der Waals surface area contributed by atoms with E-state index in [0.717, 1.165) is 18.5 Å². The van der Waals surface area contributed by atoms with E-state index >= 15 is 0 Å². The molecule has 2 aromatic rings. The molecule has 0 bridgehead atoms. The van der Waals surface area contributed by atoms with E-state index in [4.69, 9.17) is 34.0 Å². The van der Waals surface area contributed by atoms with E-state index in [2.05, 4.69) is 20.3 Å². The molecule has 13 heteroatoms. The van der Waals surface area contributed by atoms with Gasteiger partial charge < -0.3 is 15.8 Å². The summed E-state index contributed by atoms with van der Waals surface area (Å²) in [6.07, 6.45) is 2.74. The van der Waals surface area contributed by atoms with Gasteiger partial charge in [0.15, 0.2) is 11.6 Å². The molecule has 1 aromatic carbocycles. The van der Waals surface area contributed by atoms with Crippen LogP contribution in [-0.2, 0) is 0 Å². The zero-order valence-electron chi connectivity index (χ0n) is 16.2. The molecule has 0 spiro atoms. The van der Waals surface area contributed by atoms with Gasteiger partial charge in [-0.1, -0.05) is 0 Å². The highest BCUT2D eigenvalue weighted by atomic mass is 19.2. The smallest absolute Gasteiger partial charge is 0.275 e. The number of amides is 1. The SMILES string of the molecule is [B]C([B])([B])Oc1cnc(C(=O)Nc2cc(F)c(F)c(C3CCC(CF)C(N)=N3)c2)cn1. The Morgan fingerprint density at radius 2 is 1.97 bits per heavy atom. The van der Waals surface area contributed by atoms with Crippen LogP contribution in [0.1, 0.15) is 34.9 Å². The zero-order valence-corrected chi connectivity index (χ0v) is 16.2. The molecule has 0 aliphatic carbocycles. The highest BCUT2D eigenvalue weighted by Gasteiger charge is 2.27. The number of benzene rings is 1. The van der Waals surface area contributed by atoms with Crippen molar-refractivity contribution in [3.05, 3.63) is 47.4 Å². The second kappa shape index (κ2) is 9.03. The Kier molecular flexibility index (Phi) is 6.61. The summed E-state index contributed by atoms with van der Waals surface area (Å²) >= 11 is 0. The van der Waals surface area contributed by atoms with Gasteiger partial charge in [-0.25, -0.2) is 18.7 Å². The first kappa shape index (κ1) is 22.7. The lowest BCUT2D eigenvalue weighted by atomic mass is 9.52. The van der Waals surface area contributed by atoms with E-state index in [0.29, 0.717) is 6.42 Å². The zero-order chi connectivity index (χ0) is 22.8. The summed E-state index contributed by atoms with van der Waals surface area (Å²) in [7, 11) is 15.8. The van der Waals surface area contributed by atoms with Crippen molar-refractivity contribution in [3.8, 4) is 5.88 Å². The van der Waals surface area contributed by atoms with E-state index in [-0.39, 0.29) is 35.1 Å². The molecule has 3 N–H and O–H groups in total. The highest BCUT2D eigenvalue weighted by Crippen LogP contribution is 2.34. The van der Waals surface area contributed by atoms with Gasteiger partial charge in [0.1, 0.15) is 35.1 Å². The number of aliphatic imine (C=N–C) groups is 1. The van der Waals surface area contributed by atoms with E-state index in [1.807, 2.05) is 0 Å². The Balaban J connectivity index is 1.79. The maximum atomic E-state index is 14.4. The van der Waals surface area contributed by atoms with E-state index in [1.54, 1.807) is 0 Å². The van der Waals surface area contributed by atoms with Gasteiger partial charge in [-0.05, 0) is 24.2 Å². The summed E-state index contributed by atoms with van der Waals surface area (Å²) in [5.41, 5.74) is 5.44. The Morgan fingerprint density at radius 3 is 2.55 bits per heavy atom. The fourth-order valence-electron chi connectivity index (χ4n) is 3.03. The maximum Gasteiger partial charge on any atom is 0.275 e. The number of ether oxygens (including phenoxy) is 1. The minimum atomic E-state index is -1.98. The lowest BCUT2D eigenvalue weighted by molar-refractivity contribution is 0.102. The number of nitrogens with one attached hydrogen (secondary N) is 1. The summed E-state index contributed by atoms with van der Waals surface area (Å²) in [5, 5.41) is 0.425. The van der Waals surface area contributed by atoms with Crippen molar-refractivity contribution in [1.82, 2.24) is 9.97 Å². The number of nitrogens with zero attached hydrogens (tertiary/aromatic N) is 3. The second-order valence-electron chi connectivity index (χ2n) is 7.01.